The van der Waals surface area contributed by atoms with Crippen molar-refractivity contribution >= 4 is 17.8 Å². The molecule has 2 aliphatic rings. The first-order valence-corrected chi connectivity index (χ1v) is 9.22. The van der Waals surface area contributed by atoms with E-state index in [2.05, 4.69) is 10.6 Å². The van der Waals surface area contributed by atoms with E-state index in [-0.39, 0.29) is 35.6 Å². The van der Waals surface area contributed by atoms with Crippen molar-refractivity contribution in [2.75, 3.05) is 0 Å². The van der Waals surface area contributed by atoms with Crippen LogP contribution < -0.4 is 10.6 Å². The number of amides is 2. The topological polar surface area (TPSA) is 95.5 Å². The maximum Gasteiger partial charge on any atom is 0.326 e. The fourth-order valence-corrected chi connectivity index (χ4v) is 3.79. The Hall–Kier alpha value is -1.59. The summed E-state index contributed by atoms with van der Waals surface area (Å²) >= 11 is 0. The third kappa shape index (κ3) is 4.95. The molecule has 0 aliphatic heterocycles. The number of carboxylic acids is 1. The van der Waals surface area contributed by atoms with E-state index < -0.39 is 12.0 Å². The van der Waals surface area contributed by atoms with Crippen molar-refractivity contribution in [2.45, 2.75) is 77.3 Å². The molecule has 136 valence electrons. The van der Waals surface area contributed by atoms with E-state index in [0.29, 0.717) is 12.8 Å². The molecule has 6 nitrogen and oxygen atoms in total. The minimum atomic E-state index is -0.990. The van der Waals surface area contributed by atoms with E-state index in [0.717, 1.165) is 38.5 Å². The second-order valence-corrected chi connectivity index (χ2v) is 7.61. The number of aliphatic carboxylic acids is 1. The number of carbonyl (C=O) groups is 3. The number of nitrogens with one attached hydrogen (secondary N) is 2. The molecular formula is C18H30N2O4. The van der Waals surface area contributed by atoms with Gasteiger partial charge < -0.3 is 15.7 Å². The number of rotatable bonds is 6. The van der Waals surface area contributed by atoms with Crippen molar-refractivity contribution in [2.24, 2.45) is 17.8 Å². The van der Waals surface area contributed by atoms with Crippen molar-refractivity contribution in [1.29, 1.82) is 0 Å². The number of hydrogen-bond donors (Lipinski definition) is 3. The van der Waals surface area contributed by atoms with Crippen LogP contribution in [0.15, 0.2) is 0 Å². The Morgan fingerprint density at radius 1 is 0.875 bits per heavy atom. The third-order valence-corrected chi connectivity index (χ3v) is 5.40. The van der Waals surface area contributed by atoms with Gasteiger partial charge in [-0.1, -0.05) is 26.7 Å². The van der Waals surface area contributed by atoms with Crippen molar-refractivity contribution < 1.29 is 19.5 Å². The molecule has 0 spiro atoms. The highest BCUT2D eigenvalue weighted by Crippen LogP contribution is 2.28. The maximum absolute atomic E-state index is 12.3. The second-order valence-electron chi connectivity index (χ2n) is 7.61. The molecule has 0 radical (unpaired) electrons. The van der Waals surface area contributed by atoms with Gasteiger partial charge in [0.25, 0.3) is 0 Å². The van der Waals surface area contributed by atoms with Gasteiger partial charge in [-0.15, -0.1) is 0 Å². The molecule has 2 amide bonds. The predicted octanol–water partition coefficient (Wildman–Crippen LogP) is 2.08. The van der Waals surface area contributed by atoms with Crippen LogP contribution in [0.3, 0.4) is 0 Å². The zero-order chi connectivity index (χ0) is 17.7. The molecule has 24 heavy (non-hydrogen) atoms. The van der Waals surface area contributed by atoms with Crippen LogP contribution in [0.2, 0.25) is 0 Å². The van der Waals surface area contributed by atoms with Crippen LogP contribution in [0.25, 0.3) is 0 Å². The first-order valence-electron chi connectivity index (χ1n) is 9.22. The van der Waals surface area contributed by atoms with E-state index in [1.165, 1.54) is 0 Å². The lowest BCUT2D eigenvalue weighted by Crippen LogP contribution is -2.48. The number of carboxylic acid groups (broad SMARTS) is 1. The summed E-state index contributed by atoms with van der Waals surface area (Å²) in [5.74, 6) is -1.11. The average Bonchev–Trinajstić information content (AvgIpc) is 3.07. The molecule has 0 aromatic rings. The molecule has 2 saturated carbocycles. The van der Waals surface area contributed by atoms with Crippen molar-refractivity contribution in [3.63, 3.8) is 0 Å². The molecule has 3 N–H and O–H groups in total. The third-order valence-electron chi connectivity index (χ3n) is 5.40. The van der Waals surface area contributed by atoms with Gasteiger partial charge in [0.2, 0.25) is 11.8 Å². The van der Waals surface area contributed by atoms with E-state index >= 15 is 0 Å². The molecule has 0 heterocycles. The molecule has 0 bridgehead atoms. The Morgan fingerprint density at radius 2 is 1.42 bits per heavy atom. The molecule has 6 heteroatoms. The van der Waals surface area contributed by atoms with Crippen LogP contribution in [0, 0.1) is 17.8 Å². The average molecular weight is 338 g/mol. The molecule has 1 atom stereocenters. The SMILES string of the molecule is CC(C)[C@H](NC(=O)C1CCC(NC(=O)C2CCCC2)CC1)C(=O)O. The van der Waals surface area contributed by atoms with Crippen LogP contribution in [-0.4, -0.2) is 35.0 Å². The highest BCUT2D eigenvalue weighted by atomic mass is 16.4. The maximum atomic E-state index is 12.3. The number of hydrogen-bond acceptors (Lipinski definition) is 3. The van der Waals surface area contributed by atoms with Gasteiger partial charge in [-0.3, -0.25) is 9.59 Å². The fraction of sp³-hybridized carbons (Fsp3) is 0.833. The van der Waals surface area contributed by atoms with Crippen LogP contribution in [0.5, 0.6) is 0 Å². The highest BCUT2D eigenvalue weighted by Gasteiger charge is 2.32. The molecule has 0 aromatic carbocycles. The molecule has 0 unspecified atom stereocenters. The Balaban J connectivity index is 1.76. The smallest absolute Gasteiger partial charge is 0.326 e. The lowest BCUT2D eigenvalue weighted by atomic mass is 9.85. The zero-order valence-corrected chi connectivity index (χ0v) is 14.7. The first-order chi connectivity index (χ1) is 11.4. The standard InChI is InChI=1S/C18H30N2O4/c1-11(2)15(18(23)24)20-17(22)13-7-9-14(10-8-13)19-16(21)12-5-3-4-6-12/h11-15H,3-10H2,1-2H3,(H,19,21)(H,20,22)(H,23,24)/t13?,14?,15-/m0/s1. The molecule has 0 aromatic heterocycles. The van der Waals surface area contributed by atoms with Crippen molar-refractivity contribution in [3.05, 3.63) is 0 Å². The number of carbonyl (C=O) groups excluding carboxylic acids is 2. The van der Waals surface area contributed by atoms with Crippen LogP contribution >= 0.6 is 0 Å². The largest absolute Gasteiger partial charge is 0.480 e. The van der Waals surface area contributed by atoms with Gasteiger partial charge in [-0.25, -0.2) is 4.79 Å². The Morgan fingerprint density at radius 3 is 1.92 bits per heavy atom. The van der Waals surface area contributed by atoms with E-state index in [4.69, 9.17) is 0 Å². The first kappa shape index (κ1) is 18.7. The van der Waals surface area contributed by atoms with E-state index in [1.54, 1.807) is 13.8 Å². The Labute approximate surface area is 143 Å². The quantitative estimate of drug-likeness (QED) is 0.691. The normalized spacial score (nSPS) is 26.1. The molecule has 2 rings (SSSR count). The summed E-state index contributed by atoms with van der Waals surface area (Å²) in [6.07, 6.45) is 7.26. The van der Waals surface area contributed by atoms with Gasteiger partial charge >= 0.3 is 5.97 Å². The van der Waals surface area contributed by atoms with Gasteiger partial charge in [-0.2, -0.15) is 0 Å². The van der Waals surface area contributed by atoms with E-state index in [1.807, 2.05) is 0 Å². The molecular weight excluding hydrogens is 308 g/mol. The predicted molar refractivity (Wildman–Crippen MR) is 90.3 cm³/mol. The van der Waals surface area contributed by atoms with Gasteiger partial charge in [0.05, 0.1) is 0 Å². The summed E-state index contributed by atoms with van der Waals surface area (Å²) in [6.45, 7) is 3.57. The zero-order valence-electron chi connectivity index (χ0n) is 14.7. The second kappa shape index (κ2) is 8.49. The molecule has 0 saturated heterocycles. The Bertz CT molecular complexity index is 464. The molecule has 2 aliphatic carbocycles. The monoisotopic (exact) mass is 338 g/mol. The van der Waals surface area contributed by atoms with Gasteiger partial charge in [0, 0.05) is 17.9 Å². The summed E-state index contributed by atoms with van der Waals surface area (Å²) in [5.41, 5.74) is 0. The van der Waals surface area contributed by atoms with Crippen LogP contribution in [-0.2, 0) is 14.4 Å². The van der Waals surface area contributed by atoms with Gasteiger partial charge in [0.15, 0.2) is 0 Å². The minimum Gasteiger partial charge on any atom is -0.480 e. The summed E-state index contributed by atoms with van der Waals surface area (Å²) < 4.78 is 0. The van der Waals surface area contributed by atoms with Crippen molar-refractivity contribution in [3.8, 4) is 0 Å². The fourth-order valence-electron chi connectivity index (χ4n) is 3.79. The highest BCUT2D eigenvalue weighted by molar-refractivity contribution is 5.85. The van der Waals surface area contributed by atoms with Gasteiger partial charge in [-0.05, 0) is 44.4 Å². The van der Waals surface area contributed by atoms with Crippen LogP contribution in [0.1, 0.15) is 65.2 Å². The Kier molecular flexibility index (Phi) is 6.63. The van der Waals surface area contributed by atoms with E-state index in [9.17, 15) is 19.5 Å². The molecule has 2 fully saturated rings. The van der Waals surface area contributed by atoms with Gasteiger partial charge in [0.1, 0.15) is 6.04 Å². The lowest BCUT2D eigenvalue weighted by molar-refractivity contribution is -0.144. The minimum absolute atomic E-state index is 0.145. The van der Waals surface area contributed by atoms with Crippen LogP contribution in [0.4, 0.5) is 0 Å². The summed E-state index contributed by atoms with van der Waals surface area (Å²) in [4.78, 5) is 35.7. The lowest BCUT2D eigenvalue weighted by Gasteiger charge is -2.30. The van der Waals surface area contributed by atoms with Crippen molar-refractivity contribution in [1.82, 2.24) is 10.6 Å². The summed E-state index contributed by atoms with van der Waals surface area (Å²) in [5, 5.41) is 15.0. The summed E-state index contributed by atoms with van der Waals surface area (Å²) in [6, 6.07) is -0.681. The summed E-state index contributed by atoms with van der Waals surface area (Å²) in [7, 11) is 0.